The lowest BCUT2D eigenvalue weighted by molar-refractivity contribution is 0.0594. The average molecular weight is 302 g/mol. The van der Waals surface area contributed by atoms with Gasteiger partial charge in [0.15, 0.2) is 0 Å². The largest absolute Gasteiger partial charge is 0.465 e. The fourth-order valence-corrected chi connectivity index (χ4v) is 2.49. The highest BCUT2D eigenvalue weighted by Crippen LogP contribution is 2.27. The first kappa shape index (κ1) is 14.1. The van der Waals surface area contributed by atoms with Gasteiger partial charge in [-0.2, -0.15) is 5.10 Å². The molecule has 2 aromatic rings. The van der Waals surface area contributed by atoms with E-state index in [1.165, 1.54) is 18.2 Å². The molecule has 1 aliphatic rings. The number of pyridine rings is 1. The van der Waals surface area contributed by atoms with Crippen molar-refractivity contribution in [2.75, 3.05) is 7.11 Å². The molecule has 0 saturated heterocycles. The minimum absolute atomic E-state index is 0.207. The molecule has 0 bridgehead atoms. The first-order valence-corrected chi connectivity index (χ1v) is 6.61. The van der Waals surface area contributed by atoms with Crippen molar-refractivity contribution in [3.8, 4) is 5.69 Å². The third-order valence-electron chi connectivity index (χ3n) is 3.64. The SMILES string of the molecule is COC(=O)c1ccc(-n2nc(C)c3c2CN(C(=O)O)C3)cn1. The van der Waals surface area contributed by atoms with Crippen LogP contribution in [0.3, 0.4) is 0 Å². The van der Waals surface area contributed by atoms with Crippen LogP contribution in [0.15, 0.2) is 18.3 Å². The molecule has 1 N–H and O–H groups in total. The number of methoxy groups -OCH3 is 1. The quantitative estimate of drug-likeness (QED) is 0.841. The maximum Gasteiger partial charge on any atom is 0.407 e. The predicted molar refractivity (Wildman–Crippen MR) is 74.7 cm³/mol. The number of carboxylic acid groups (broad SMARTS) is 1. The Bertz CT molecular complexity index is 751. The van der Waals surface area contributed by atoms with Gasteiger partial charge in [0.05, 0.1) is 43.5 Å². The summed E-state index contributed by atoms with van der Waals surface area (Å²) in [4.78, 5) is 27.9. The maximum atomic E-state index is 11.4. The number of nitrogens with zero attached hydrogens (tertiary/aromatic N) is 4. The smallest absolute Gasteiger partial charge is 0.407 e. The molecule has 0 atom stereocenters. The number of carbonyl (C=O) groups excluding carboxylic acids is 1. The Morgan fingerprint density at radius 1 is 1.32 bits per heavy atom. The van der Waals surface area contributed by atoms with Gasteiger partial charge in [0, 0.05) is 5.56 Å². The molecule has 0 aromatic carbocycles. The molecule has 1 amide bonds. The van der Waals surface area contributed by atoms with Crippen LogP contribution in [0.25, 0.3) is 5.69 Å². The van der Waals surface area contributed by atoms with Gasteiger partial charge in [0.25, 0.3) is 0 Å². The third-order valence-corrected chi connectivity index (χ3v) is 3.64. The van der Waals surface area contributed by atoms with Crippen LogP contribution in [0.1, 0.15) is 27.4 Å². The summed E-state index contributed by atoms with van der Waals surface area (Å²) < 4.78 is 6.27. The van der Waals surface area contributed by atoms with Crippen LogP contribution in [0.2, 0.25) is 0 Å². The molecule has 22 heavy (non-hydrogen) atoms. The number of ether oxygens (including phenoxy) is 1. The molecule has 0 radical (unpaired) electrons. The fourth-order valence-electron chi connectivity index (χ4n) is 2.49. The molecule has 114 valence electrons. The van der Waals surface area contributed by atoms with Gasteiger partial charge >= 0.3 is 12.1 Å². The molecule has 8 heteroatoms. The Hall–Kier alpha value is -2.90. The predicted octanol–water partition coefficient (Wildman–Crippen LogP) is 1.36. The summed E-state index contributed by atoms with van der Waals surface area (Å²) >= 11 is 0. The van der Waals surface area contributed by atoms with Crippen molar-refractivity contribution >= 4 is 12.1 Å². The van der Waals surface area contributed by atoms with Crippen molar-refractivity contribution in [3.05, 3.63) is 41.0 Å². The standard InChI is InChI=1S/C14H14N4O4/c1-8-10-6-17(14(20)21)7-12(10)18(16-8)9-3-4-11(15-5-9)13(19)22-2/h3-5H,6-7H2,1-2H3,(H,20,21). The van der Waals surface area contributed by atoms with Crippen molar-refractivity contribution in [2.45, 2.75) is 20.0 Å². The average Bonchev–Trinajstić information content (AvgIpc) is 3.08. The zero-order valence-corrected chi connectivity index (χ0v) is 12.1. The lowest BCUT2D eigenvalue weighted by Crippen LogP contribution is -2.24. The van der Waals surface area contributed by atoms with E-state index in [0.29, 0.717) is 12.2 Å². The Kier molecular flexibility index (Phi) is 3.28. The van der Waals surface area contributed by atoms with E-state index in [4.69, 9.17) is 5.11 Å². The molecule has 0 aliphatic carbocycles. The topological polar surface area (TPSA) is 97.6 Å². The van der Waals surface area contributed by atoms with E-state index in [0.717, 1.165) is 17.0 Å². The van der Waals surface area contributed by atoms with Crippen LogP contribution in [0.4, 0.5) is 4.79 Å². The van der Waals surface area contributed by atoms with Gasteiger partial charge in [-0.1, -0.05) is 0 Å². The van der Waals surface area contributed by atoms with Crippen molar-refractivity contribution in [1.82, 2.24) is 19.7 Å². The second-order valence-electron chi connectivity index (χ2n) is 4.95. The molecule has 2 aromatic heterocycles. The molecular formula is C14H14N4O4. The van der Waals surface area contributed by atoms with Gasteiger partial charge < -0.3 is 9.84 Å². The fraction of sp³-hybridized carbons (Fsp3) is 0.286. The number of amides is 1. The lowest BCUT2D eigenvalue weighted by atomic mass is 10.2. The maximum absolute atomic E-state index is 11.4. The number of aromatic nitrogens is 3. The van der Waals surface area contributed by atoms with Crippen LogP contribution in [-0.2, 0) is 17.8 Å². The lowest BCUT2D eigenvalue weighted by Gasteiger charge is -2.11. The molecule has 3 rings (SSSR count). The van der Waals surface area contributed by atoms with Crippen molar-refractivity contribution in [3.63, 3.8) is 0 Å². The summed E-state index contributed by atoms with van der Waals surface area (Å²) in [6.07, 6.45) is 0.559. The number of rotatable bonds is 2. The molecule has 3 heterocycles. The Morgan fingerprint density at radius 3 is 2.68 bits per heavy atom. The number of carbonyl (C=O) groups is 2. The van der Waals surface area contributed by atoms with Gasteiger partial charge in [0.1, 0.15) is 5.69 Å². The molecule has 0 spiro atoms. The van der Waals surface area contributed by atoms with E-state index in [1.807, 2.05) is 6.92 Å². The first-order chi connectivity index (χ1) is 10.5. The van der Waals surface area contributed by atoms with E-state index >= 15 is 0 Å². The van der Waals surface area contributed by atoms with Gasteiger partial charge in [-0.05, 0) is 19.1 Å². The first-order valence-electron chi connectivity index (χ1n) is 6.61. The third kappa shape index (κ3) is 2.18. The summed E-state index contributed by atoms with van der Waals surface area (Å²) in [5.74, 6) is -0.509. The number of hydrogen-bond donors (Lipinski definition) is 1. The van der Waals surface area contributed by atoms with E-state index in [2.05, 4.69) is 14.8 Å². The summed E-state index contributed by atoms with van der Waals surface area (Å²) in [6.45, 7) is 2.46. The Morgan fingerprint density at radius 2 is 2.09 bits per heavy atom. The van der Waals surface area contributed by atoms with E-state index in [9.17, 15) is 9.59 Å². The normalized spacial score (nSPS) is 13.1. The number of esters is 1. The highest BCUT2D eigenvalue weighted by molar-refractivity contribution is 5.87. The summed E-state index contributed by atoms with van der Waals surface area (Å²) in [7, 11) is 1.29. The molecular weight excluding hydrogens is 288 g/mol. The van der Waals surface area contributed by atoms with Gasteiger partial charge in [-0.3, -0.25) is 4.90 Å². The van der Waals surface area contributed by atoms with E-state index in [1.54, 1.807) is 16.8 Å². The van der Waals surface area contributed by atoms with Crippen molar-refractivity contribution in [1.29, 1.82) is 0 Å². The van der Waals surface area contributed by atoms with Crippen molar-refractivity contribution < 1.29 is 19.4 Å². The Labute approximate surface area is 125 Å². The molecule has 0 saturated carbocycles. The van der Waals surface area contributed by atoms with Crippen LogP contribution in [0, 0.1) is 6.92 Å². The zero-order valence-electron chi connectivity index (χ0n) is 12.1. The molecule has 0 unspecified atom stereocenters. The monoisotopic (exact) mass is 302 g/mol. The molecule has 0 fully saturated rings. The number of aryl methyl sites for hydroxylation is 1. The van der Waals surface area contributed by atoms with Gasteiger partial charge in [0.2, 0.25) is 0 Å². The number of fused-ring (bicyclic) bond motifs is 1. The van der Waals surface area contributed by atoms with Crippen LogP contribution < -0.4 is 0 Å². The highest BCUT2D eigenvalue weighted by atomic mass is 16.5. The zero-order chi connectivity index (χ0) is 15.9. The van der Waals surface area contributed by atoms with Crippen LogP contribution in [-0.4, -0.2) is 43.9 Å². The highest BCUT2D eigenvalue weighted by Gasteiger charge is 2.29. The second-order valence-corrected chi connectivity index (χ2v) is 4.95. The Balaban J connectivity index is 1.96. The van der Waals surface area contributed by atoms with E-state index in [-0.39, 0.29) is 12.2 Å². The number of hydrogen-bond acceptors (Lipinski definition) is 5. The minimum Gasteiger partial charge on any atom is -0.465 e. The van der Waals surface area contributed by atoms with Crippen LogP contribution >= 0.6 is 0 Å². The molecule has 1 aliphatic heterocycles. The summed E-state index contributed by atoms with van der Waals surface area (Å²) in [5, 5.41) is 13.5. The van der Waals surface area contributed by atoms with Crippen LogP contribution in [0.5, 0.6) is 0 Å². The molecule has 8 nitrogen and oxygen atoms in total. The minimum atomic E-state index is -0.957. The van der Waals surface area contributed by atoms with Gasteiger partial charge in [-0.15, -0.1) is 0 Å². The van der Waals surface area contributed by atoms with E-state index < -0.39 is 12.1 Å². The second kappa shape index (κ2) is 5.14. The summed E-state index contributed by atoms with van der Waals surface area (Å²) in [6, 6.07) is 3.25. The van der Waals surface area contributed by atoms with Crippen molar-refractivity contribution in [2.24, 2.45) is 0 Å². The summed E-state index contributed by atoms with van der Waals surface area (Å²) in [5.41, 5.74) is 3.41. The van der Waals surface area contributed by atoms with Gasteiger partial charge in [-0.25, -0.2) is 19.3 Å².